The molecule has 4 rings (SSSR count). The fraction of sp³-hybridized carbons (Fsp3) is 0.333. The van der Waals surface area contributed by atoms with Gasteiger partial charge in [-0.1, -0.05) is 24.8 Å². The van der Waals surface area contributed by atoms with Gasteiger partial charge in [-0.2, -0.15) is 8.78 Å². The summed E-state index contributed by atoms with van der Waals surface area (Å²) in [6.07, 6.45) is 4.30. The van der Waals surface area contributed by atoms with Crippen LogP contribution < -0.4 is 15.8 Å². The minimum atomic E-state index is -2.91. The van der Waals surface area contributed by atoms with Crippen LogP contribution in [-0.4, -0.2) is 38.9 Å². The van der Waals surface area contributed by atoms with Crippen molar-refractivity contribution in [3.05, 3.63) is 52.9 Å². The number of aromatic nitrogens is 3. The van der Waals surface area contributed by atoms with Crippen LogP contribution in [0.15, 0.2) is 42.1 Å². The fourth-order valence-corrected chi connectivity index (χ4v) is 6.26. The molecular formula is C24H25F2N5O3S2. The minimum absolute atomic E-state index is 0.0353. The molecule has 0 spiro atoms. The molecule has 0 radical (unpaired) electrons. The second-order valence-electron chi connectivity index (χ2n) is 8.37. The maximum absolute atomic E-state index is 12.8. The lowest BCUT2D eigenvalue weighted by atomic mass is 9.88. The van der Waals surface area contributed by atoms with E-state index in [1.165, 1.54) is 35.2 Å². The number of amides is 2. The summed E-state index contributed by atoms with van der Waals surface area (Å²) in [7, 11) is 0. The first-order valence-corrected chi connectivity index (χ1v) is 13.0. The summed E-state index contributed by atoms with van der Waals surface area (Å²) in [5, 5.41) is 12.2. The molecule has 190 valence electrons. The molecule has 0 bridgehead atoms. The normalized spacial score (nSPS) is 14.9. The number of rotatable bonds is 10. The average Bonchev–Trinajstić information content (AvgIpc) is 3.38. The summed E-state index contributed by atoms with van der Waals surface area (Å²) in [4.78, 5) is 26.0. The number of halogens is 2. The number of primary amides is 1. The molecular weight excluding hydrogens is 508 g/mol. The highest BCUT2D eigenvalue weighted by Crippen LogP contribution is 2.39. The van der Waals surface area contributed by atoms with Crippen LogP contribution in [0.3, 0.4) is 0 Å². The molecule has 12 heteroatoms. The predicted octanol–water partition coefficient (Wildman–Crippen LogP) is 4.75. The Morgan fingerprint density at radius 3 is 2.78 bits per heavy atom. The molecule has 1 unspecified atom stereocenters. The first kappa shape index (κ1) is 25.8. The Labute approximate surface area is 214 Å². The zero-order chi connectivity index (χ0) is 25.8. The molecule has 2 aromatic heterocycles. The molecule has 1 aliphatic rings. The largest absolute Gasteiger partial charge is 0.435 e. The van der Waals surface area contributed by atoms with Crippen LogP contribution in [-0.2, 0) is 24.2 Å². The van der Waals surface area contributed by atoms with Gasteiger partial charge in [-0.05, 0) is 55.0 Å². The van der Waals surface area contributed by atoms with Gasteiger partial charge in [-0.25, -0.2) is 0 Å². The SMILES string of the molecule is C=CCn1c(SCC(=O)Nc2sc3c(c2C(N)=O)CCC(C)C3)nnc1-c1ccc(OC(F)F)cc1. The number of thiophene rings is 1. The summed E-state index contributed by atoms with van der Waals surface area (Å²) in [6, 6.07) is 6.05. The first-order valence-electron chi connectivity index (χ1n) is 11.2. The fourth-order valence-electron chi connectivity index (χ4n) is 4.08. The lowest BCUT2D eigenvalue weighted by Crippen LogP contribution is -2.20. The number of hydrogen-bond donors (Lipinski definition) is 2. The number of anilines is 1. The highest BCUT2D eigenvalue weighted by Gasteiger charge is 2.27. The van der Waals surface area contributed by atoms with Crippen molar-refractivity contribution in [2.24, 2.45) is 11.7 Å². The molecule has 0 saturated carbocycles. The van der Waals surface area contributed by atoms with Crippen molar-refractivity contribution >= 4 is 39.9 Å². The highest BCUT2D eigenvalue weighted by molar-refractivity contribution is 7.99. The lowest BCUT2D eigenvalue weighted by Gasteiger charge is -2.18. The van der Waals surface area contributed by atoms with E-state index in [9.17, 15) is 18.4 Å². The number of alkyl halides is 2. The number of ether oxygens (including phenoxy) is 1. The summed E-state index contributed by atoms with van der Waals surface area (Å²) in [5.41, 5.74) is 7.65. The van der Waals surface area contributed by atoms with Gasteiger partial charge in [0.25, 0.3) is 5.91 Å². The number of allylic oxidation sites excluding steroid dienone is 1. The van der Waals surface area contributed by atoms with Gasteiger partial charge in [0.1, 0.15) is 10.8 Å². The van der Waals surface area contributed by atoms with E-state index >= 15 is 0 Å². The number of carbonyl (C=O) groups excluding carboxylic acids is 2. The standard InChI is InChI=1S/C24H25F2N5O3S2/c1-3-10-31-21(14-5-7-15(8-6-14)34-23(25)26)29-30-24(31)35-12-18(32)28-22-19(20(27)33)16-9-4-13(2)11-17(16)36-22/h3,5-8,13,23H,1,4,9-12H2,2H3,(H2,27,33)(H,28,32). The second-order valence-corrected chi connectivity index (χ2v) is 10.4. The number of carbonyl (C=O) groups is 2. The van der Waals surface area contributed by atoms with E-state index in [-0.39, 0.29) is 17.4 Å². The zero-order valence-corrected chi connectivity index (χ0v) is 21.1. The number of fused-ring (bicyclic) bond motifs is 1. The number of nitrogens with two attached hydrogens (primary N) is 1. The number of benzene rings is 1. The molecule has 0 aliphatic heterocycles. The maximum Gasteiger partial charge on any atom is 0.387 e. The van der Waals surface area contributed by atoms with E-state index in [1.807, 2.05) is 0 Å². The third-order valence-corrected chi connectivity index (χ3v) is 7.85. The van der Waals surface area contributed by atoms with Gasteiger partial charge < -0.3 is 15.8 Å². The van der Waals surface area contributed by atoms with Crippen molar-refractivity contribution in [1.82, 2.24) is 14.8 Å². The Kier molecular flexibility index (Phi) is 8.04. The van der Waals surface area contributed by atoms with Gasteiger partial charge in [0, 0.05) is 17.0 Å². The summed E-state index contributed by atoms with van der Waals surface area (Å²) in [5.74, 6) is 0.262. The molecule has 0 fully saturated rings. The zero-order valence-electron chi connectivity index (χ0n) is 19.5. The average molecular weight is 534 g/mol. The van der Waals surface area contributed by atoms with Crippen molar-refractivity contribution in [3.8, 4) is 17.1 Å². The smallest absolute Gasteiger partial charge is 0.387 e. The molecule has 36 heavy (non-hydrogen) atoms. The van der Waals surface area contributed by atoms with E-state index in [0.717, 1.165) is 29.7 Å². The number of nitrogens with one attached hydrogen (secondary N) is 1. The van der Waals surface area contributed by atoms with Gasteiger partial charge >= 0.3 is 6.61 Å². The molecule has 3 aromatic rings. The third-order valence-electron chi connectivity index (χ3n) is 5.71. The summed E-state index contributed by atoms with van der Waals surface area (Å²) in [6.45, 7) is 3.40. The highest BCUT2D eigenvalue weighted by atomic mass is 32.2. The van der Waals surface area contributed by atoms with Crippen molar-refractivity contribution < 1.29 is 23.1 Å². The number of thioether (sulfide) groups is 1. The Balaban J connectivity index is 1.47. The van der Waals surface area contributed by atoms with Crippen LogP contribution in [0.2, 0.25) is 0 Å². The van der Waals surface area contributed by atoms with Crippen LogP contribution in [0, 0.1) is 5.92 Å². The van der Waals surface area contributed by atoms with Crippen molar-refractivity contribution in [2.45, 2.75) is 44.5 Å². The summed E-state index contributed by atoms with van der Waals surface area (Å²) >= 11 is 2.60. The third kappa shape index (κ3) is 5.76. The molecule has 1 atom stereocenters. The van der Waals surface area contributed by atoms with E-state index in [2.05, 4.69) is 33.8 Å². The Hall–Kier alpha value is -3.25. The van der Waals surface area contributed by atoms with E-state index in [1.54, 1.807) is 22.8 Å². The predicted molar refractivity (Wildman–Crippen MR) is 136 cm³/mol. The topological polar surface area (TPSA) is 112 Å². The molecule has 1 aliphatic carbocycles. The molecule has 2 amide bonds. The number of hydrogen-bond acceptors (Lipinski definition) is 7. The van der Waals surface area contributed by atoms with Gasteiger partial charge in [0.15, 0.2) is 11.0 Å². The molecule has 0 saturated heterocycles. The molecule has 3 N–H and O–H groups in total. The Bertz CT molecular complexity index is 1270. The first-order chi connectivity index (χ1) is 17.3. The van der Waals surface area contributed by atoms with Crippen LogP contribution in [0.1, 0.15) is 34.1 Å². The van der Waals surface area contributed by atoms with Gasteiger partial charge in [0.05, 0.1) is 11.3 Å². The van der Waals surface area contributed by atoms with Crippen LogP contribution in [0.25, 0.3) is 11.4 Å². The maximum atomic E-state index is 12.8. The van der Waals surface area contributed by atoms with Gasteiger partial charge in [0.2, 0.25) is 5.91 Å². The van der Waals surface area contributed by atoms with Gasteiger partial charge in [-0.3, -0.25) is 14.2 Å². The van der Waals surface area contributed by atoms with Gasteiger partial charge in [-0.15, -0.1) is 28.1 Å². The van der Waals surface area contributed by atoms with E-state index in [0.29, 0.717) is 39.6 Å². The van der Waals surface area contributed by atoms with Crippen LogP contribution in [0.4, 0.5) is 13.8 Å². The number of nitrogens with zero attached hydrogens (tertiary/aromatic N) is 3. The minimum Gasteiger partial charge on any atom is -0.435 e. The van der Waals surface area contributed by atoms with E-state index < -0.39 is 12.5 Å². The lowest BCUT2D eigenvalue weighted by molar-refractivity contribution is -0.113. The van der Waals surface area contributed by atoms with E-state index in [4.69, 9.17) is 5.73 Å². The molecule has 8 nitrogen and oxygen atoms in total. The van der Waals surface area contributed by atoms with Crippen LogP contribution in [0.5, 0.6) is 5.75 Å². The van der Waals surface area contributed by atoms with Crippen molar-refractivity contribution in [1.29, 1.82) is 0 Å². The second kappa shape index (κ2) is 11.2. The summed E-state index contributed by atoms with van der Waals surface area (Å²) < 4.78 is 31.0. The molecule has 2 heterocycles. The Morgan fingerprint density at radius 1 is 1.36 bits per heavy atom. The quantitative estimate of drug-likeness (QED) is 0.287. The molecule has 1 aromatic carbocycles. The van der Waals surface area contributed by atoms with Crippen molar-refractivity contribution in [3.63, 3.8) is 0 Å². The Morgan fingerprint density at radius 2 is 2.11 bits per heavy atom. The van der Waals surface area contributed by atoms with Crippen LogP contribution >= 0.6 is 23.1 Å². The van der Waals surface area contributed by atoms with Crippen molar-refractivity contribution in [2.75, 3.05) is 11.1 Å². The monoisotopic (exact) mass is 533 g/mol.